The molecule has 10 heteroatoms. The summed E-state index contributed by atoms with van der Waals surface area (Å²) >= 11 is 0. The summed E-state index contributed by atoms with van der Waals surface area (Å²) in [6.45, 7) is 2.08. The van der Waals surface area contributed by atoms with Crippen LogP contribution < -0.4 is 20.1 Å². The lowest BCUT2D eigenvalue weighted by Gasteiger charge is -2.35. The third-order valence-electron chi connectivity index (χ3n) is 5.37. The molecule has 0 saturated carbocycles. The van der Waals surface area contributed by atoms with Gasteiger partial charge < -0.3 is 29.4 Å². The van der Waals surface area contributed by atoms with E-state index in [-0.39, 0.29) is 28.7 Å². The first-order valence-electron chi connectivity index (χ1n) is 9.94. The average Bonchev–Trinajstić information content (AvgIpc) is 3.31. The van der Waals surface area contributed by atoms with Crippen molar-refractivity contribution in [2.24, 2.45) is 0 Å². The molecule has 0 bridgehead atoms. The molecule has 1 aromatic carbocycles. The number of hydrogen-bond donors (Lipinski definition) is 1. The second-order valence-corrected chi connectivity index (χ2v) is 7.18. The van der Waals surface area contributed by atoms with Gasteiger partial charge in [-0.15, -0.1) is 0 Å². The van der Waals surface area contributed by atoms with E-state index in [1.165, 1.54) is 14.2 Å². The third kappa shape index (κ3) is 4.05. The molecule has 3 heterocycles. The van der Waals surface area contributed by atoms with Crippen LogP contribution in [0.3, 0.4) is 0 Å². The number of anilines is 2. The summed E-state index contributed by atoms with van der Waals surface area (Å²) in [4.78, 5) is 24.9. The maximum Gasteiger partial charge on any atom is 0.228 e. The van der Waals surface area contributed by atoms with Crippen molar-refractivity contribution in [1.29, 1.82) is 0 Å². The van der Waals surface area contributed by atoms with Crippen molar-refractivity contribution < 1.29 is 23.1 Å². The Morgan fingerprint density at radius 1 is 1.23 bits per heavy atom. The summed E-state index contributed by atoms with van der Waals surface area (Å²) in [7, 11) is 2.78. The largest absolute Gasteiger partial charge is 0.493 e. The smallest absolute Gasteiger partial charge is 0.228 e. The molecule has 0 unspecified atom stereocenters. The summed E-state index contributed by atoms with van der Waals surface area (Å²) in [5, 5.41) is 0.352. The molecule has 2 N–H and O–H groups in total. The van der Waals surface area contributed by atoms with Gasteiger partial charge in [0.25, 0.3) is 0 Å². The Kier molecular flexibility index (Phi) is 5.79. The Morgan fingerprint density at radius 2 is 2.00 bits per heavy atom. The SMILES string of the molecule is COc1cc2c(N)nc(N3CCN(C(=O)CCc4ccco4)CC3)nc2c(F)c1OC. The highest BCUT2D eigenvalue weighted by molar-refractivity contribution is 5.92. The maximum absolute atomic E-state index is 15.0. The number of methoxy groups -OCH3 is 2. The van der Waals surface area contributed by atoms with Gasteiger partial charge in [-0.3, -0.25) is 4.79 Å². The number of carbonyl (C=O) groups excluding carboxylic acids is 1. The van der Waals surface area contributed by atoms with Gasteiger partial charge in [-0.2, -0.15) is 4.98 Å². The molecule has 0 spiro atoms. The van der Waals surface area contributed by atoms with Gasteiger partial charge in [0.05, 0.1) is 20.5 Å². The number of halogens is 1. The normalized spacial score (nSPS) is 14.2. The summed E-state index contributed by atoms with van der Waals surface area (Å²) in [5.41, 5.74) is 6.16. The third-order valence-corrected chi connectivity index (χ3v) is 5.37. The standard InChI is InChI=1S/C21H24FN5O4/c1-29-15-12-14-18(17(22)19(15)30-2)24-21(25-20(14)23)27-9-7-26(8-10-27)16(28)6-5-13-4-3-11-31-13/h3-4,11-12H,5-10H2,1-2H3,(H2,23,24,25). The number of fused-ring (bicyclic) bond motifs is 1. The van der Waals surface area contributed by atoms with Crippen LogP contribution >= 0.6 is 0 Å². The number of benzene rings is 1. The van der Waals surface area contributed by atoms with E-state index in [4.69, 9.17) is 19.6 Å². The van der Waals surface area contributed by atoms with Crippen LogP contribution in [0.1, 0.15) is 12.2 Å². The number of rotatable bonds is 6. The summed E-state index contributed by atoms with van der Waals surface area (Å²) < 4.78 is 30.6. The number of furan rings is 1. The van der Waals surface area contributed by atoms with Gasteiger partial charge in [0, 0.05) is 44.4 Å². The van der Waals surface area contributed by atoms with Gasteiger partial charge in [0.2, 0.25) is 11.9 Å². The fourth-order valence-corrected chi connectivity index (χ4v) is 3.68. The summed E-state index contributed by atoms with van der Waals surface area (Å²) in [6.07, 6.45) is 2.56. The zero-order chi connectivity index (χ0) is 22.0. The number of hydrogen-bond acceptors (Lipinski definition) is 8. The van der Waals surface area contributed by atoms with Crippen molar-refractivity contribution in [2.45, 2.75) is 12.8 Å². The average molecular weight is 429 g/mol. The van der Waals surface area contributed by atoms with Crippen molar-refractivity contribution in [3.8, 4) is 11.5 Å². The number of piperazine rings is 1. The van der Waals surface area contributed by atoms with Crippen LogP contribution in [0.15, 0.2) is 28.9 Å². The Hall–Kier alpha value is -3.56. The highest BCUT2D eigenvalue weighted by Crippen LogP contribution is 2.37. The minimum absolute atomic E-state index is 0.0361. The predicted octanol–water partition coefficient (Wildman–Crippen LogP) is 2.24. The molecule has 1 aliphatic rings. The fourth-order valence-electron chi connectivity index (χ4n) is 3.68. The molecule has 0 aliphatic carbocycles. The van der Waals surface area contributed by atoms with Crippen LogP contribution in [-0.2, 0) is 11.2 Å². The van der Waals surface area contributed by atoms with Gasteiger partial charge in [-0.1, -0.05) is 0 Å². The van der Waals surface area contributed by atoms with Crippen LogP contribution in [-0.4, -0.2) is 61.2 Å². The van der Waals surface area contributed by atoms with Gasteiger partial charge in [0.15, 0.2) is 17.3 Å². The van der Waals surface area contributed by atoms with Crippen LogP contribution in [0.4, 0.5) is 16.2 Å². The van der Waals surface area contributed by atoms with Crippen molar-refractivity contribution >= 4 is 28.6 Å². The number of nitrogens with two attached hydrogens (primary N) is 1. The summed E-state index contributed by atoms with van der Waals surface area (Å²) in [6, 6.07) is 5.23. The van der Waals surface area contributed by atoms with E-state index >= 15 is 0 Å². The lowest BCUT2D eigenvalue weighted by molar-refractivity contribution is -0.131. The molecule has 0 radical (unpaired) electrons. The highest BCUT2D eigenvalue weighted by atomic mass is 19.1. The van der Waals surface area contributed by atoms with Crippen molar-refractivity contribution in [2.75, 3.05) is 51.0 Å². The summed E-state index contributed by atoms with van der Waals surface area (Å²) in [5.74, 6) is 0.858. The molecule has 0 atom stereocenters. The number of carbonyl (C=O) groups is 1. The predicted molar refractivity (Wildman–Crippen MR) is 113 cm³/mol. The van der Waals surface area contributed by atoms with Gasteiger partial charge in [-0.05, 0) is 18.2 Å². The Balaban J connectivity index is 1.48. The Labute approximate surface area is 178 Å². The van der Waals surface area contributed by atoms with Crippen molar-refractivity contribution in [3.05, 3.63) is 36.0 Å². The number of aromatic nitrogens is 2. The monoisotopic (exact) mass is 429 g/mol. The van der Waals surface area contributed by atoms with E-state index in [2.05, 4.69) is 9.97 Å². The number of amides is 1. The molecule has 3 aromatic rings. The number of nitrogens with zero attached hydrogens (tertiary/aromatic N) is 4. The van der Waals surface area contributed by atoms with Gasteiger partial charge in [0.1, 0.15) is 17.1 Å². The van der Waals surface area contributed by atoms with Crippen LogP contribution in [0.5, 0.6) is 11.5 Å². The van der Waals surface area contributed by atoms with Crippen molar-refractivity contribution in [3.63, 3.8) is 0 Å². The molecular weight excluding hydrogens is 405 g/mol. The fraction of sp³-hybridized carbons (Fsp3) is 0.381. The minimum atomic E-state index is -0.654. The first kappa shape index (κ1) is 20.7. The second-order valence-electron chi connectivity index (χ2n) is 7.18. The lowest BCUT2D eigenvalue weighted by Crippen LogP contribution is -2.49. The molecule has 1 amide bonds. The van der Waals surface area contributed by atoms with Gasteiger partial charge in [-0.25, -0.2) is 9.37 Å². The van der Waals surface area contributed by atoms with Crippen LogP contribution in [0, 0.1) is 5.82 Å². The molecule has 4 rings (SSSR count). The van der Waals surface area contributed by atoms with Crippen molar-refractivity contribution in [1.82, 2.24) is 14.9 Å². The molecule has 2 aromatic heterocycles. The van der Waals surface area contributed by atoms with Crippen LogP contribution in [0.25, 0.3) is 10.9 Å². The zero-order valence-corrected chi connectivity index (χ0v) is 17.4. The molecule has 1 aliphatic heterocycles. The first-order chi connectivity index (χ1) is 15.0. The zero-order valence-electron chi connectivity index (χ0n) is 17.4. The quantitative estimate of drug-likeness (QED) is 0.636. The second kappa shape index (κ2) is 8.66. The molecule has 164 valence electrons. The molecule has 1 fully saturated rings. The van der Waals surface area contributed by atoms with Crippen LogP contribution in [0.2, 0.25) is 0 Å². The molecule has 9 nitrogen and oxygen atoms in total. The number of ether oxygens (including phenoxy) is 2. The Bertz CT molecular complexity index is 1080. The van der Waals surface area contributed by atoms with E-state index in [0.29, 0.717) is 50.4 Å². The Morgan fingerprint density at radius 3 is 2.65 bits per heavy atom. The van der Waals surface area contributed by atoms with E-state index in [1.54, 1.807) is 17.2 Å². The van der Waals surface area contributed by atoms with E-state index in [0.717, 1.165) is 5.76 Å². The van der Waals surface area contributed by atoms with Gasteiger partial charge >= 0.3 is 0 Å². The molecule has 31 heavy (non-hydrogen) atoms. The van der Waals surface area contributed by atoms with E-state index in [9.17, 15) is 9.18 Å². The van der Waals surface area contributed by atoms with E-state index < -0.39 is 5.82 Å². The first-order valence-corrected chi connectivity index (χ1v) is 9.94. The highest BCUT2D eigenvalue weighted by Gasteiger charge is 2.25. The molecule has 1 saturated heterocycles. The molecular formula is C21H24FN5O4. The van der Waals surface area contributed by atoms with E-state index in [1.807, 2.05) is 17.0 Å². The topological polar surface area (TPSA) is 107 Å². The maximum atomic E-state index is 15.0. The minimum Gasteiger partial charge on any atom is -0.493 e. The lowest BCUT2D eigenvalue weighted by atomic mass is 10.2. The number of aryl methyl sites for hydroxylation is 1. The number of nitrogen functional groups attached to an aromatic ring is 1.